The van der Waals surface area contributed by atoms with Crippen molar-refractivity contribution in [2.45, 2.75) is 20.4 Å². The molecule has 23 heavy (non-hydrogen) atoms. The topological polar surface area (TPSA) is 64.1 Å². The molecule has 5 nitrogen and oxygen atoms in total. The summed E-state index contributed by atoms with van der Waals surface area (Å²) in [6.07, 6.45) is 5.32. The van der Waals surface area contributed by atoms with Gasteiger partial charge in [0, 0.05) is 35.2 Å². The molecule has 0 unspecified atom stereocenters. The Morgan fingerprint density at radius 2 is 2.22 bits per heavy atom. The van der Waals surface area contributed by atoms with E-state index in [4.69, 9.17) is 4.74 Å². The lowest BCUT2D eigenvalue weighted by atomic mass is 10.2. The summed E-state index contributed by atoms with van der Waals surface area (Å²) >= 11 is 1.59. The molecule has 0 amide bonds. The number of carbonyl (C=O) groups is 1. The van der Waals surface area contributed by atoms with E-state index in [1.165, 1.54) is 0 Å². The van der Waals surface area contributed by atoms with E-state index in [1.54, 1.807) is 24.5 Å². The average molecular weight is 327 g/mol. The van der Waals surface area contributed by atoms with E-state index in [2.05, 4.69) is 21.4 Å². The minimum Gasteiger partial charge on any atom is -0.461 e. The molecule has 0 bridgehead atoms. The molecule has 3 aromatic rings. The molecule has 0 saturated carbocycles. The zero-order chi connectivity index (χ0) is 16.2. The SMILES string of the molecule is CCOC(=O)c1nccc2sc(NCc3cncc(C)c3)cc12. The fourth-order valence-electron chi connectivity index (χ4n) is 2.32. The van der Waals surface area contributed by atoms with E-state index >= 15 is 0 Å². The summed E-state index contributed by atoms with van der Waals surface area (Å²) in [4.78, 5) is 20.3. The first-order valence-electron chi connectivity index (χ1n) is 7.37. The minimum atomic E-state index is -0.384. The van der Waals surface area contributed by atoms with Crippen LogP contribution in [0.15, 0.2) is 36.8 Å². The van der Waals surface area contributed by atoms with Crippen molar-refractivity contribution in [1.82, 2.24) is 9.97 Å². The number of aryl methyl sites for hydroxylation is 1. The second-order valence-corrected chi connectivity index (χ2v) is 6.21. The molecule has 0 atom stereocenters. The largest absolute Gasteiger partial charge is 0.461 e. The van der Waals surface area contributed by atoms with Crippen molar-refractivity contribution < 1.29 is 9.53 Å². The molecule has 1 N–H and O–H groups in total. The number of rotatable bonds is 5. The molecule has 0 spiro atoms. The molecule has 3 rings (SSSR count). The highest BCUT2D eigenvalue weighted by Crippen LogP contribution is 2.31. The van der Waals surface area contributed by atoms with Crippen molar-refractivity contribution >= 4 is 32.4 Å². The van der Waals surface area contributed by atoms with Gasteiger partial charge in [-0.1, -0.05) is 6.07 Å². The number of anilines is 1. The first-order chi connectivity index (χ1) is 11.2. The summed E-state index contributed by atoms with van der Waals surface area (Å²) in [5.41, 5.74) is 2.62. The Hall–Kier alpha value is -2.47. The zero-order valence-corrected chi connectivity index (χ0v) is 13.8. The van der Waals surface area contributed by atoms with Gasteiger partial charge in [0.25, 0.3) is 0 Å². The van der Waals surface area contributed by atoms with Crippen molar-refractivity contribution in [3.8, 4) is 0 Å². The molecule has 0 radical (unpaired) electrons. The predicted molar refractivity (Wildman–Crippen MR) is 91.9 cm³/mol. The number of nitrogens with zero attached hydrogens (tertiary/aromatic N) is 2. The van der Waals surface area contributed by atoms with Crippen LogP contribution in [0, 0.1) is 6.92 Å². The van der Waals surface area contributed by atoms with E-state index in [9.17, 15) is 4.79 Å². The summed E-state index contributed by atoms with van der Waals surface area (Å²) in [5.74, 6) is -0.384. The smallest absolute Gasteiger partial charge is 0.357 e. The molecule has 118 valence electrons. The average Bonchev–Trinajstić information content (AvgIpc) is 2.96. The van der Waals surface area contributed by atoms with Gasteiger partial charge < -0.3 is 10.1 Å². The molecule has 0 aliphatic heterocycles. The molecule has 0 aromatic carbocycles. The number of ether oxygens (including phenoxy) is 1. The van der Waals surface area contributed by atoms with Gasteiger partial charge in [-0.2, -0.15) is 0 Å². The molecule has 0 fully saturated rings. The fraction of sp³-hybridized carbons (Fsp3) is 0.235. The molecule has 0 aliphatic carbocycles. The summed E-state index contributed by atoms with van der Waals surface area (Å²) in [5, 5.41) is 5.18. The monoisotopic (exact) mass is 327 g/mol. The predicted octanol–water partition coefficient (Wildman–Crippen LogP) is 3.79. The highest BCUT2D eigenvalue weighted by molar-refractivity contribution is 7.22. The van der Waals surface area contributed by atoms with Crippen molar-refractivity contribution in [2.75, 3.05) is 11.9 Å². The summed E-state index contributed by atoms with van der Waals surface area (Å²) in [7, 11) is 0. The van der Waals surface area contributed by atoms with E-state index < -0.39 is 0 Å². The van der Waals surface area contributed by atoms with Crippen LogP contribution in [0.1, 0.15) is 28.5 Å². The number of aromatic nitrogens is 2. The number of carbonyl (C=O) groups excluding carboxylic acids is 1. The Labute approximate surface area is 138 Å². The maximum Gasteiger partial charge on any atom is 0.357 e. The van der Waals surface area contributed by atoms with E-state index in [1.807, 2.05) is 31.5 Å². The van der Waals surface area contributed by atoms with Gasteiger partial charge >= 0.3 is 5.97 Å². The Bertz CT molecular complexity index is 845. The number of pyridine rings is 2. The fourth-order valence-corrected chi connectivity index (χ4v) is 3.27. The Morgan fingerprint density at radius 3 is 3.00 bits per heavy atom. The van der Waals surface area contributed by atoms with Gasteiger partial charge in [0.05, 0.1) is 11.6 Å². The summed E-state index contributed by atoms with van der Waals surface area (Å²) in [6, 6.07) is 5.95. The highest BCUT2D eigenvalue weighted by Gasteiger charge is 2.15. The van der Waals surface area contributed by atoms with Gasteiger partial charge in [-0.25, -0.2) is 9.78 Å². The quantitative estimate of drug-likeness (QED) is 0.722. The van der Waals surface area contributed by atoms with Gasteiger partial charge in [0.15, 0.2) is 5.69 Å². The van der Waals surface area contributed by atoms with Crippen LogP contribution in [0.2, 0.25) is 0 Å². The van der Waals surface area contributed by atoms with E-state index in [0.717, 1.165) is 26.2 Å². The third-order valence-corrected chi connectivity index (χ3v) is 4.37. The molecule has 0 aliphatic rings. The third-order valence-electron chi connectivity index (χ3n) is 3.31. The van der Waals surface area contributed by atoms with Gasteiger partial charge in [-0.3, -0.25) is 4.98 Å². The van der Waals surface area contributed by atoms with Crippen LogP contribution in [0.25, 0.3) is 10.1 Å². The zero-order valence-electron chi connectivity index (χ0n) is 13.0. The van der Waals surface area contributed by atoms with Gasteiger partial charge in [0.1, 0.15) is 0 Å². The lowest BCUT2D eigenvalue weighted by Crippen LogP contribution is -2.06. The summed E-state index contributed by atoms with van der Waals surface area (Å²) < 4.78 is 6.07. The van der Waals surface area contributed by atoms with Crippen molar-refractivity contribution in [3.63, 3.8) is 0 Å². The molecule has 3 aromatic heterocycles. The Kier molecular flexibility index (Phi) is 4.52. The lowest BCUT2D eigenvalue weighted by Gasteiger charge is -2.03. The van der Waals surface area contributed by atoms with Crippen LogP contribution in [-0.4, -0.2) is 22.5 Å². The Balaban J connectivity index is 1.82. The number of esters is 1. The van der Waals surface area contributed by atoms with Crippen LogP contribution in [0.5, 0.6) is 0 Å². The summed E-state index contributed by atoms with van der Waals surface area (Å²) in [6.45, 7) is 4.83. The van der Waals surface area contributed by atoms with E-state index in [0.29, 0.717) is 18.8 Å². The number of thiophene rings is 1. The number of hydrogen-bond acceptors (Lipinski definition) is 6. The molecular weight excluding hydrogens is 310 g/mol. The number of nitrogens with one attached hydrogen (secondary N) is 1. The molecule has 6 heteroatoms. The number of fused-ring (bicyclic) bond motifs is 1. The third kappa shape index (κ3) is 3.48. The minimum absolute atomic E-state index is 0.340. The van der Waals surface area contributed by atoms with Crippen LogP contribution in [-0.2, 0) is 11.3 Å². The van der Waals surface area contributed by atoms with Crippen molar-refractivity contribution in [2.24, 2.45) is 0 Å². The van der Waals surface area contributed by atoms with Crippen LogP contribution < -0.4 is 5.32 Å². The number of hydrogen-bond donors (Lipinski definition) is 1. The van der Waals surface area contributed by atoms with Crippen LogP contribution in [0.4, 0.5) is 5.00 Å². The highest BCUT2D eigenvalue weighted by atomic mass is 32.1. The molecule has 0 saturated heterocycles. The van der Waals surface area contributed by atoms with Crippen LogP contribution >= 0.6 is 11.3 Å². The maximum atomic E-state index is 12.0. The van der Waals surface area contributed by atoms with Gasteiger partial charge in [0.2, 0.25) is 0 Å². The lowest BCUT2D eigenvalue weighted by molar-refractivity contribution is 0.0522. The van der Waals surface area contributed by atoms with Crippen molar-refractivity contribution in [3.05, 3.63) is 53.6 Å². The maximum absolute atomic E-state index is 12.0. The standard InChI is InChI=1S/C17H17N3O2S/c1-3-22-17(21)16-13-7-15(23-14(13)4-5-19-16)20-10-12-6-11(2)8-18-9-12/h4-9,20H,3,10H2,1-2H3. The second kappa shape index (κ2) is 6.75. The first kappa shape index (κ1) is 15.4. The van der Waals surface area contributed by atoms with Gasteiger partial charge in [-0.05, 0) is 37.1 Å². The second-order valence-electron chi connectivity index (χ2n) is 5.13. The normalized spacial score (nSPS) is 10.7. The van der Waals surface area contributed by atoms with Crippen LogP contribution in [0.3, 0.4) is 0 Å². The molecule has 3 heterocycles. The van der Waals surface area contributed by atoms with Crippen molar-refractivity contribution in [1.29, 1.82) is 0 Å². The first-order valence-corrected chi connectivity index (χ1v) is 8.19. The van der Waals surface area contributed by atoms with Gasteiger partial charge in [-0.15, -0.1) is 11.3 Å². The molecular formula is C17H17N3O2S. The Morgan fingerprint density at radius 1 is 1.35 bits per heavy atom. The van der Waals surface area contributed by atoms with E-state index in [-0.39, 0.29) is 5.97 Å².